The van der Waals surface area contributed by atoms with Gasteiger partial charge in [-0.2, -0.15) is 0 Å². The van der Waals surface area contributed by atoms with Gasteiger partial charge in [0.15, 0.2) is 11.5 Å². The summed E-state index contributed by atoms with van der Waals surface area (Å²) in [4.78, 5) is 11.3. The minimum Gasteiger partial charge on any atom is -0.493 e. The molecule has 0 radical (unpaired) electrons. The first kappa shape index (κ1) is 15.1. The van der Waals surface area contributed by atoms with Gasteiger partial charge < -0.3 is 19.5 Å². The number of amides is 1. The maximum atomic E-state index is 11.3. The molecule has 0 saturated carbocycles. The molecule has 106 valence electrons. The Kier molecular flexibility index (Phi) is 6.57. The Bertz CT molecular complexity index is 406. The Balaban J connectivity index is 2.47. The highest BCUT2D eigenvalue weighted by Gasteiger charge is 2.10. The van der Waals surface area contributed by atoms with Crippen molar-refractivity contribution in [2.75, 3.05) is 27.4 Å². The van der Waals surface area contributed by atoms with Crippen LogP contribution in [0.25, 0.3) is 0 Å². The average molecular weight is 267 g/mol. The molecular formula is C14H21NO4. The minimum atomic E-state index is 0.0451. The molecule has 0 aliphatic carbocycles. The van der Waals surface area contributed by atoms with E-state index in [1.54, 1.807) is 26.4 Å². The Labute approximate surface area is 113 Å². The lowest BCUT2D eigenvalue weighted by Gasteiger charge is -2.13. The number of carbonyl (C=O) groups is 1. The normalized spacial score (nSPS) is 9.84. The number of para-hydroxylation sites is 1. The third-order valence-corrected chi connectivity index (χ3v) is 2.53. The quantitative estimate of drug-likeness (QED) is 0.732. The number of hydrogen-bond acceptors (Lipinski definition) is 4. The molecule has 5 heteroatoms. The van der Waals surface area contributed by atoms with Crippen molar-refractivity contribution < 1.29 is 19.0 Å². The number of methoxy groups -OCH3 is 2. The van der Waals surface area contributed by atoms with E-state index in [-0.39, 0.29) is 5.91 Å². The summed E-state index contributed by atoms with van der Waals surface area (Å²) in [6, 6.07) is 5.43. The molecule has 0 aliphatic heterocycles. The summed E-state index contributed by atoms with van der Waals surface area (Å²) < 4.78 is 16.0. The molecule has 0 unspecified atom stereocenters. The van der Waals surface area contributed by atoms with Gasteiger partial charge in [-0.1, -0.05) is 13.0 Å². The summed E-state index contributed by atoms with van der Waals surface area (Å²) >= 11 is 0. The van der Waals surface area contributed by atoms with Crippen LogP contribution < -0.4 is 19.5 Å². The van der Waals surface area contributed by atoms with E-state index in [4.69, 9.17) is 14.2 Å². The van der Waals surface area contributed by atoms with Gasteiger partial charge in [0.1, 0.15) is 6.61 Å². The van der Waals surface area contributed by atoms with Crippen molar-refractivity contribution in [3.8, 4) is 17.2 Å². The first-order chi connectivity index (χ1) is 9.22. The van der Waals surface area contributed by atoms with Crippen LogP contribution in [0, 0.1) is 0 Å². The fraction of sp³-hybridized carbons (Fsp3) is 0.500. The van der Waals surface area contributed by atoms with Gasteiger partial charge in [0.25, 0.3) is 0 Å². The Morgan fingerprint density at radius 1 is 1.21 bits per heavy atom. The number of carbonyl (C=O) groups excluding carboxylic acids is 1. The van der Waals surface area contributed by atoms with Gasteiger partial charge in [0.05, 0.1) is 20.8 Å². The highest BCUT2D eigenvalue weighted by Crippen LogP contribution is 2.36. The summed E-state index contributed by atoms with van der Waals surface area (Å²) in [5.41, 5.74) is 0. The Morgan fingerprint density at radius 2 is 1.95 bits per heavy atom. The lowest BCUT2D eigenvalue weighted by Crippen LogP contribution is -2.27. The zero-order valence-corrected chi connectivity index (χ0v) is 11.7. The molecule has 0 aromatic heterocycles. The Morgan fingerprint density at radius 3 is 2.58 bits per heavy atom. The number of nitrogens with one attached hydrogen (secondary N) is 1. The van der Waals surface area contributed by atoms with Crippen molar-refractivity contribution in [1.82, 2.24) is 5.32 Å². The summed E-state index contributed by atoms with van der Waals surface area (Å²) in [7, 11) is 3.14. The Hall–Kier alpha value is -1.91. The van der Waals surface area contributed by atoms with Crippen LogP contribution >= 0.6 is 0 Å². The van der Waals surface area contributed by atoms with Crippen molar-refractivity contribution in [3.63, 3.8) is 0 Å². The van der Waals surface area contributed by atoms with E-state index in [0.717, 1.165) is 6.42 Å². The first-order valence-electron chi connectivity index (χ1n) is 6.33. The maximum Gasteiger partial charge on any atom is 0.220 e. The van der Waals surface area contributed by atoms with Crippen LogP contribution in [0.15, 0.2) is 18.2 Å². The van der Waals surface area contributed by atoms with Gasteiger partial charge in [-0.25, -0.2) is 0 Å². The second-order valence-electron chi connectivity index (χ2n) is 3.94. The van der Waals surface area contributed by atoms with Crippen LogP contribution in [-0.4, -0.2) is 33.3 Å². The number of ether oxygens (including phenoxy) is 3. The summed E-state index contributed by atoms with van der Waals surface area (Å²) in [5, 5.41) is 2.78. The third-order valence-electron chi connectivity index (χ3n) is 2.53. The highest BCUT2D eigenvalue weighted by molar-refractivity contribution is 5.75. The van der Waals surface area contributed by atoms with E-state index >= 15 is 0 Å². The fourth-order valence-corrected chi connectivity index (χ4v) is 1.64. The third kappa shape index (κ3) is 4.69. The van der Waals surface area contributed by atoms with Gasteiger partial charge in [0, 0.05) is 6.42 Å². The molecule has 0 aliphatic rings. The molecule has 0 atom stereocenters. The van der Waals surface area contributed by atoms with Crippen molar-refractivity contribution >= 4 is 5.91 Å². The van der Waals surface area contributed by atoms with Gasteiger partial charge >= 0.3 is 0 Å². The van der Waals surface area contributed by atoms with Crippen molar-refractivity contribution in [1.29, 1.82) is 0 Å². The van der Waals surface area contributed by atoms with Gasteiger partial charge in [-0.05, 0) is 18.6 Å². The zero-order chi connectivity index (χ0) is 14.1. The van der Waals surface area contributed by atoms with E-state index in [0.29, 0.717) is 36.8 Å². The highest BCUT2D eigenvalue weighted by atomic mass is 16.5. The van der Waals surface area contributed by atoms with E-state index in [1.807, 2.05) is 13.0 Å². The van der Waals surface area contributed by atoms with Crippen LogP contribution in [0.2, 0.25) is 0 Å². The molecule has 19 heavy (non-hydrogen) atoms. The second kappa shape index (κ2) is 8.24. The van der Waals surface area contributed by atoms with E-state index in [2.05, 4.69) is 5.32 Å². The first-order valence-corrected chi connectivity index (χ1v) is 6.33. The molecular weight excluding hydrogens is 246 g/mol. The summed E-state index contributed by atoms with van der Waals surface area (Å²) in [6.07, 6.45) is 1.39. The van der Waals surface area contributed by atoms with Gasteiger partial charge in [0.2, 0.25) is 11.7 Å². The monoisotopic (exact) mass is 267 g/mol. The molecule has 0 fully saturated rings. The summed E-state index contributed by atoms with van der Waals surface area (Å²) in [6.45, 7) is 2.83. The number of hydrogen-bond donors (Lipinski definition) is 1. The van der Waals surface area contributed by atoms with Crippen LogP contribution in [-0.2, 0) is 4.79 Å². The molecule has 0 bridgehead atoms. The molecule has 1 N–H and O–H groups in total. The lowest BCUT2D eigenvalue weighted by atomic mass is 10.3. The van der Waals surface area contributed by atoms with Crippen LogP contribution in [0.5, 0.6) is 17.2 Å². The van der Waals surface area contributed by atoms with Gasteiger partial charge in [-0.3, -0.25) is 4.79 Å². The lowest BCUT2D eigenvalue weighted by molar-refractivity contribution is -0.121. The number of benzene rings is 1. The van der Waals surface area contributed by atoms with E-state index in [1.165, 1.54) is 0 Å². The molecule has 0 spiro atoms. The molecule has 1 aromatic carbocycles. The standard InChI is InChI=1S/C14H21NO4/c1-4-6-13(16)15-9-10-19-12-8-5-7-11(17-2)14(12)18-3/h5,7-8H,4,6,9-10H2,1-3H3,(H,15,16). The molecule has 0 saturated heterocycles. The van der Waals surface area contributed by atoms with Crippen molar-refractivity contribution in [3.05, 3.63) is 18.2 Å². The summed E-state index contributed by atoms with van der Waals surface area (Å²) in [5.74, 6) is 1.83. The van der Waals surface area contributed by atoms with E-state index in [9.17, 15) is 4.79 Å². The minimum absolute atomic E-state index is 0.0451. The topological polar surface area (TPSA) is 56.8 Å². The SMILES string of the molecule is CCCC(=O)NCCOc1cccc(OC)c1OC. The van der Waals surface area contributed by atoms with Crippen molar-refractivity contribution in [2.45, 2.75) is 19.8 Å². The maximum absolute atomic E-state index is 11.3. The largest absolute Gasteiger partial charge is 0.493 e. The predicted octanol–water partition coefficient (Wildman–Crippen LogP) is 2.00. The molecule has 5 nitrogen and oxygen atoms in total. The van der Waals surface area contributed by atoms with E-state index < -0.39 is 0 Å². The average Bonchev–Trinajstić information content (AvgIpc) is 2.43. The smallest absolute Gasteiger partial charge is 0.220 e. The van der Waals surface area contributed by atoms with Crippen molar-refractivity contribution in [2.24, 2.45) is 0 Å². The predicted molar refractivity (Wildman–Crippen MR) is 73.0 cm³/mol. The number of rotatable bonds is 8. The molecule has 1 aromatic rings. The second-order valence-corrected chi connectivity index (χ2v) is 3.94. The van der Waals surface area contributed by atoms with Crippen LogP contribution in [0.4, 0.5) is 0 Å². The molecule has 1 amide bonds. The molecule has 1 rings (SSSR count). The zero-order valence-electron chi connectivity index (χ0n) is 11.7. The molecule has 0 heterocycles. The van der Waals surface area contributed by atoms with Gasteiger partial charge in [-0.15, -0.1) is 0 Å². The fourth-order valence-electron chi connectivity index (χ4n) is 1.64. The van der Waals surface area contributed by atoms with Crippen LogP contribution in [0.1, 0.15) is 19.8 Å². The van der Waals surface area contributed by atoms with Crippen LogP contribution in [0.3, 0.4) is 0 Å².